The number of aromatic nitrogens is 4. The lowest BCUT2D eigenvalue weighted by molar-refractivity contribution is -0.144. The summed E-state index contributed by atoms with van der Waals surface area (Å²) in [5, 5.41) is 13.0. The minimum Gasteiger partial charge on any atom is -0.396 e. The van der Waals surface area contributed by atoms with Crippen LogP contribution in [-0.4, -0.2) is 37.3 Å². The van der Waals surface area contributed by atoms with Crippen molar-refractivity contribution in [3.63, 3.8) is 0 Å². The van der Waals surface area contributed by atoms with Crippen molar-refractivity contribution in [2.24, 2.45) is 0 Å². The van der Waals surface area contributed by atoms with Crippen LogP contribution < -0.4 is 4.90 Å². The van der Waals surface area contributed by atoms with E-state index < -0.39 is 12.0 Å². The van der Waals surface area contributed by atoms with Crippen LogP contribution in [0.1, 0.15) is 30.4 Å². The third kappa shape index (κ3) is 4.19. The first-order valence-electron chi connectivity index (χ1n) is 8.52. The Labute approximate surface area is 154 Å². The second kappa shape index (κ2) is 7.51. The van der Waals surface area contributed by atoms with Crippen molar-refractivity contribution in [2.75, 3.05) is 11.5 Å². The zero-order valence-electron chi connectivity index (χ0n) is 15.0. The van der Waals surface area contributed by atoms with Gasteiger partial charge in [0.2, 0.25) is 0 Å². The first kappa shape index (κ1) is 19.1. The monoisotopic (exact) mass is 379 g/mol. The molecule has 1 atom stereocenters. The quantitative estimate of drug-likeness (QED) is 0.712. The summed E-state index contributed by atoms with van der Waals surface area (Å²) in [6.07, 6.45) is -4.20. The van der Waals surface area contributed by atoms with Gasteiger partial charge in [0.25, 0.3) is 11.6 Å². The number of halogens is 3. The van der Waals surface area contributed by atoms with Crippen LogP contribution in [0, 0.1) is 6.92 Å². The van der Waals surface area contributed by atoms with Crippen LogP contribution in [0.15, 0.2) is 36.4 Å². The lowest BCUT2D eigenvalue weighted by Gasteiger charge is -2.31. The predicted octanol–water partition coefficient (Wildman–Crippen LogP) is 3.23. The number of aliphatic hydroxyl groups excluding tert-OH is 1. The number of anilines is 1. The molecule has 9 heteroatoms. The molecule has 3 aromatic rings. The molecule has 0 spiro atoms. The van der Waals surface area contributed by atoms with Gasteiger partial charge in [0.05, 0.1) is 0 Å². The predicted molar refractivity (Wildman–Crippen MR) is 94.3 cm³/mol. The molecule has 2 heterocycles. The van der Waals surface area contributed by atoms with Crippen molar-refractivity contribution in [2.45, 2.75) is 39.0 Å². The number of fused-ring (bicyclic) bond motifs is 1. The fourth-order valence-corrected chi connectivity index (χ4v) is 2.88. The molecule has 0 amide bonds. The summed E-state index contributed by atoms with van der Waals surface area (Å²) < 4.78 is 40.3. The first-order chi connectivity index (χ1) is 12.8. The van der Waals surface area contributed by atoms with Gasteiger partial charge in [-0.05, 0) is 25.8 Å². The van der Waals surface area contributed by atoms with E-state index in [1.807, 2.05) is 42.2 Å². The van der Waals surface area contributed by atoms with E-state index in [9.17, 15) is 18.3 Å². The highest BCUT2D eigenvalue weighted by Crippen LogP contribution is 2.29. The number of benzene rings is 1. The van der Waals surface area contributed by atoms with Crippen LogP contribution in [0.2, 0.25) is 0 Å². The molecule has 0 saturated carbocycles. The van der Waals surface area contributed by atoms with E-state index >= 15 is 0 Å². The average molecular weight is 379 g/mol. The van der Waals surface area contributed by atoms with Crippen LogP contribution in [0.3, 0.4) is 0 Å². The van der Waals surface area contributed by atoms with Crippen molar-refractivity contribution in [3.05, 3.63) is 53.5 Å². The normalized spacial score (nSPS) is 13.1. The Morgan fingerprint density at radius 1 is 1.19 bits per heavy atom. The van der Waals surface area contributed by atoms with E-state index in [0.717, 1.165) is 10.1 Å². The first-order valence-corrected chi connectivity index (χ1v) is 8.52. The maximum atomic E-state index is 13.1. The standard InChI is InChI=1S/C18H20F3N5O/c1-12-10-15(26-17(22-12)23-16(24-26)18(19,20)21)25(13(2)8-9-27)11-14-6-4-3-5-7-14/h3-7,10,13,27H,8-9,11H2,1-2H3. The van der Waals surface area contributed by atoms with Crippen LogP contribution in [-0.2, 0) is 12.7 Å². The Morgan fingerprint density at radius 3 is 2.52 bits per heavy atom. The van der Waals surface area contributed by atoms with Gasteiger partial charge in [-0.25, -0.2) is 4.98 Å². The van der Waals surface area contributed by atoms with Gasteiger partial charge in [-0.1, -0.05) is 30.3 Å². The van der Waals surface area contributed by atoms with Crippen molar-refractivity contribution in [1.29, 1.82) is 0 Å². The summed E-state index contributed by atoms with van der Waals surface area (Å²) >= 11 is 0. The molecule has 1 N–H and O–H groups in total. The van der Waals surface area contributed by atoms with Gasteiger partial charge in [0.15, 0.2) is 0 Å². The smallest absolute Gasteiger partial charge is 0.396 e. The molecule has 1 aromatic carbocycles. The number of hydrogen-bond acceptors (Lipinski definition) is 5. The van der Waals surface area contributed by atoms with Crippen LogP contribution in [0.4, 0.5) is 19.0 Å². The van der Waals surface area contributed by atoms with Gasteiger partial charge >= 0.3 is 6.18 Å². The van der Waals surface area contributed by atoms with E-state index in [-0.39, 0.29) is 18.4 Å². The molecule has 6 nitrogen and oxygen atoms in total. The molecule has 0 bridgehead atoms. The minimum absolute atomic E-state index is 0.0369. The third-order valence-corrected chi connectivity index (χ3v) is 4.24. The fourth-order valence-electron chi connectivity index (χ4n) is 2.88. The van der Waals surface area contributed by atoms with Crippen molar-refractivity contribution < 1.29 is 18.3 Å². The largest absolute Gasteiger partial charge is 0.453 e. The van der Waals surface area contributed by atoms with E-state index in [0.29, 0.717) is 24.5 Å². The summed E-state index contributed by atoms with van der Waals surface area (Å²) in [4.78, 5) is 9.52. The highest BCUT2D eigenvalue weighted by molar-refractivity contribution is 5.49. The Bertz CT molecular complexity index is 910. The Morgan fingerprint density at radius 2 is 1.89 bits per heavy atom. The van der Waals surface area contributed by atoms with E-state index in [1.165, 1.54) is 0 Å². The van der Waals surface area contributed by atoms with Crippen LogP contribution >= 0.6 is 0 Å². The summed E-state index contributed by atoms with van der Waals surface area (Å²) in [5.74, 6) is -0.881. The lowest BCUT2D eigenvalue weighted by Crippen LogP contribution is -2.35. The number of aliphatic hydroxyl groups is 1. The van der Waals surface area contributed by atoms with Crippen LogP contribution in [0.5, 0.6) is 0 Å². The molecule has 2 aromatic heterocycles. The van der Waals surface area contributed by atoms with E-state index in [4.69, 9.17) is 0 Å². The molecular weight excluding hydrogens is 359 g/mol. The second-order valence-electron chi connectivity index (χ2n) is 6.38. The topological polar surface area (TPSA) is 66.5 Å². The lowest BCUT2D eigenvalue weighted by atomic mass is 10.1. The molecule has 3 rings (SSSR count). The van der Waals surface area contributed by atoms with Gasteiger partial charge in [-0.3, -0.25) is 0 Å². The molecule has 0 fully saturated rings. The summed E-state index contributed by atoms with van der Waals surface area (Å²) in [5.41, 5.74) is 1.52. The molecule has 27 heavy (non-hydrogen) atoms. The minimum atomic E-state index is -4.65. The highest BCUT2D eigenvalue weighted by atomic mass is 19.4. The molecule has 1 unspecified atom stereocenters. The highest BCUT2D eigenvalue weighted by Gasteiger charge is 2.37. The number of nitrogens with zero attached hydrogens (tertiary/aromatic N) is 5. The third-order valence-electron chi connectivity index (χ3n) is 4.24. The zero-order valence-corrected chi connectivity index (χ0v) is 15.0. The zero-order chi connectivity index (χ0) is 19.6. The number of hydrogen-bond donors (Lipinski definition) is 1. The fraction of sp³-hybridized carbons (Fsp3) is 0.389. The number of rotatable bonds is 6. The summed E-state index contributed by atoms with van der Waals surface area (Å²) in [7, 11) is 0. The number of alkyl halides is 3. The molecule has 0 aliphatic carbocycles. The summed E-state index contributed by atoms with van der Waals surface area (Å²) in [6.45, 7) is 4.01. The maximum Gasteiger partial charge on any atom is 0.453 e. The summed E-state index contributed by atoms with van der Waals surface area (Å²) in [6, 6.07) is 11.1. The van der Waals surface area contributed by atoms with Gasteiger partial charge in [-0.15, -0.1) is 5.10 Å². The van der Waals surface area contributed by atoms with Gasteiger partial charge in [-0.2, -0.15) is 22.7 Å². The van der Waals surface area contributed by atoms with E-state index in [2.05, 4.69) is 15.1 Å². The molecule has 0 radical (unpaired) electrons. The SMILES string of the molecule is Cc1cc(N(Cc2ccccc2)C(C)CCO)n2nc(C(F)(F)F)nc2n1. The molecule has 0 aliphatic rings. The maximum absolute atomic E-state index is 13.1. The van der Waals surface area contributed by atoms with Gasteiger partial charge < -0.3 is 10.0 Å². The van der Waals surface area contributed by atoms with Crippen LogP contribution in [0.25, 0.3) is 5.78 Å². The van der Waals surface area contributed by atoms with Crippen molar-refractivity contribution >= 4 is 11.6 Å². The Kier molecular flexibility index (Phi) is 5.31. The van der Waals surface area contributed by atoms with E-state index in [1.54, 1.807) is 13.0 Å². The Hall–Kier alpha value is -2.68. The van der Waals surface area contributed by atoms with Crippen molar-refractivity contribution in [3.8, 4) is 0 Å². The molecule has 0 aliphatic heterocycles. The van der Waals surface area contributed by atoms with Gasteiger partial charge in [0.1, 0.15) is 5.82 Å². The molecular formula is C18H20F3N5O. The number of aryl methyl sites for hydroxylation is 1. The van der Waals surface area contributed by atoms with Gasteiger partial charge in [0, 0.05) is 31.0 Å². The Balaban J connectivity index is 2.12. The molecule has 144 valence electrons. The molecule has 0 saturated heterocycles. The average Bonchev–Trinajstić information content (AvgIpc) is 3.04. The second-order valence-corrected chi connectivity index (χ2v) is 6.38. The van der Waals surface area contributed by atoms with Crippen molar-refractivity contribution in [1.82, 2.24) is 19.6 Å².